The lowest BCUT2D eigenvalue weighted by Gasteiger charge is -2.31. The fourth-order valence-electron chi connectivity index (χ4n) is 4.76. The zero-order valence-corrected chi connectivity index (χ0v) is 23.7. The molecule has 0 saturated carbocycles. The maximum absolute atomic E-state index is 13.8. The smallest absolute Gasteiger partial charge is 0.408 e. The summed E-state index contributed by atoms with van der Waals surface area (Å²) < 4.78 is 17.8. The van der Waals surface area contributed by atoms with Gasteiger partial charge in [-0.3, -0.25) is 4.79 Å². The van der Waals surface area contributed by atoms with E-state index in [4.69, 9.17) is 14.2 Å². The van der Waals surface area contributed by atoms with Gasteiger partial charge in [0.05, 0.1) is 13.2 Å². The van der Waals surface area contributed by atoms with E-state index >= 15 is 0 Å². The molecule has 2 amide bonds. The molecule has 0 aromatic heterocycles. The van der Waals surface area contributed by atoms with Crippen molar-refractivity contribution >= 4 is 12.0 Å². The average molecular weight is 525 g/mol. The molecule has 0 radical (unpaired) electrons. The highest BCUT2D eigenvalue weighted by Crippen LogP contribution is 2.28. The zero-order valence-electron chi connectivity index (χ0n) is 23.7. The minimum atomic E-state index is -0.685. The highest BCUT2D eigenvalue weighted by atomic mass is 16.6. The van der Waals surface area contributed by atoms with E-state index in [1.54, 1.807) is 0 Å². The molecule has 3 atom stereocenters. The third kappa shape index (κ3) is 8.67. The molecule has 0 unspecified atom stereocenters. The number of nitrogens with zero attached hydrogens (tertiary/aromatic N) is 1. The molecule has 1 N–H and O–H groups in total. The molecule has 7 nitrogen and oxygen atoms in total. The van der Waals surface area contributed by atoms with E-state index in [0.29, 0.717) is 13.2 Å². The number of carbonyl (C=O) groups excluding carboxylic acids is 2. The molecule has 0 aliphatic carbocycles. The molecule has 1 saturated heterocycles. The second kappa shape index (κ2) is 13.5. The number of rotatable bonds is 11. The summed E-state index contributed by atoms with van der Waals surface area (Å²) in [7, 11) is 0. The van der Waals surface area contributed by atoms with E-state index in [-0.39, 0.29) is 24.0 Å². The summed E-state index contributed by atoms with van der Waals surface area (Å²) in [6, 6.07) is 17.1. The number of amides is 2. The van der Waals surface area contributed by atoms with Crippen LogP contribution in [0.4, 0.5) is 4.79 Å². The molecule has 1 aliphatic rings. The predicted molar refractivity (Wildman–Crippen MR) is 150 cm³/mol. The Labute approximate surface area is 227 Å². The largest absolute Gasteiger partial charge is 0.493 e. The first-order valence-corrected chi connectivity index (χ1v) is 13.8. The van der Waals surface area contributed by atoms with Gasteiger partial charge in [0.1, 0.15) is 29.2 Å². The quantitative estimate of drug-likeness (QED) is 0.365. The summed E-state index contributed by atoms with van der Waals surface area (Å²) in [6.45, 7) is 12.4. The number of hydrogen-bond acceptors (Lipinski definition) is 5. The van der Waals surface area contributed by atoms with Crippen LogP contribution in [0.1, 0.15) is 66.4 Å². The molecule has 1 aliphatic heterocycles. The molecule has 208 valence electrons. The van der Waals surface area contributed by atoms with Crippen molar-refractivity contribution in [1.29, 1.82) is 0 Å². The van der Waals surface area contributed by atoms with Crippen molar-refractivity contribution in [3.8, 4) is 11.5 Å². The van der Waals surface area contributed by atoms with E-state index in [1.807, 2.05) is 88.0 Å². The van der Waals surface area contributed by atoms with Gasteiger partial charge in [-0.25, -0.2) is 4.79 Å². The third-order valence-corrected chi connectivity index (χ3v) is 6.60. The third-order valence-electron chi connectivity index (χ3n) is 6.60. The van der Waals surface area contributed by atoms with Crippen LogP contribution in [-0.2, 0) is 16.0 Å². The standard InChI is InChI=1S/C31H44N2O5/c1-7-23-14-11-12-18-27(23)36-19-13-15-24-20-26(37-25-16-9-8-10-17-25)21-33(24)29(34)28(22(2)3)32-30(35)38-31(4,5)6/h8-12,14,16-18,22,24,26,28H,7,13,15,19-21H2,1-6H3,(H,32,35)/t24-,26-,28-/m0/s1. The summed E-state index contributed by atoms with van der Waals surface area (Å²) in [4.78, 5) is 28.2. The van der Waals surface area contributed by atoms with E-state index in [9.17, 15) is 9.59 Å². The van der Waals surface area contributed by atoms with Crippen molar-refractivity contribution in [2.24, 2.45) is 5.92 Å². The molecule has 38 heavy (non-hydrogen) atoms. The van der Waals surface area contributed by atoms with Gasteiger partial charge >= 0.3 is 6.09 Å². The number of nitrogens with one attached hydrogen (secondary N) is 1. The molecule has 1 heterocycles. The summed E-state index contributed by atoms with van der Waals surface area (Å²) in [5.41, 5.74) is 0.546. The highest BCUT2D eigenvalue weighted by molar-refractivity contribution is 5.86. The summed E-state index contributed by atoms with van der Waals surface area (Å²) >= 11 is 0. The number of carbonyl (C=O) groups is 2. The normalized spacial score (nSPS) is 18.2. The van der Waals surface area contributed by atoms with Gasteiger partial charge in [0.15, 0.2) is 0 Å². The second-order valence-electron chi connectivity index (χ2n) is 11.3. The Morgan fingerprint density at radius 1 is 1.05 bits per heavy atom. The fraction of sp³-hybridized carbons (Fsp3) is 0.548. The van der Waals surface area contributed by atoms with Gasteiger partial charge in [0.25, 0.3) is 0 Å². The number of hydrogen-bond donors (Lipinski definition) is 1. The number of aryl methyl sites for hydroxylation is 1. The Hall–Kier alpha value is -3.22. The maximum atomic E-state index is 13.8. The van der Waals surface area contributed by atoms with Crippen molar-refractivity contribution in [2.75, 3.05) is 13.2 Å². The highest BCUT2D eigenvalue weighted by Gasteiger charge is 2.40. The van der Waals surface area contributed by atoms with Crippen molar-refractivity contribution in [1.82, 2.24) is 10.2 Å². The average Bonchev–Trinajstić information content (AvgIpc) is 3.26. The minimum absolute atomic E-state index is 0.0112. The van der Waals surface area contributed by atoms with Crippen molar-refractivity contribution < 1.29 is 23.8 Å². The topological polar surface area (TPSA) is 77.1 Å². The van der Waals surface area contributed by atoms with Crippen molar-refractivity contribution in [2.45, 2.75) is 91.0 Å². The van der Waals surface area contributed by atoms with E-state index < -0.39 is 17.7 Å². The van der Waals surface area contributed by atoms with E-state index in [1.165, 1.54) is 5.56 Å². The Morgan fingerprint density at radius 2 is 1.74 bits per heavy atom. The van der Waals surface area contributed by atoms with Gasteiger partial charge < -0.3 is 24.4 Å². The van der Waals surface area contributed by atoms with Gasteiger partial charge in [-0.15, -0.1) is 0 Å². The molecule has 0 bridgehead atoms. The Morgan fingerprint density at radius 3 is 2.39 bits per heavy atom. The summed E-state index contributed by atoms with van der Waals surface area (Å²) in [6.07, 6.45) is 2.52. The molecule has 7 heteroatoms. The fourth-order valence-corrected chi connectivity index (χ4v) is 4.76. The Balaban J connectivity index is 1.68. The van der Waals surface area contributed by atoms with E-state index in [2.05, 4.69) is 18.3 Å². The number of benzene rings is 2. The van der Waals surface area contributed by atoms with Crippen LogP contribution in [0.15, 0.2) is 54.6 Å². The van der Waals surface area contributed by atoms with Crippen LogP contribution in [0, 0.1) is 5.92 Å². The number of ether oxygens (including phenoxy) is 3. The molecule has 2 aromatic carbocycles. The van der Waals surface area contributed by atoms with Crippen LogP contribution in [0.5, 0.6) is 11.5 Å². The van der Waals surface area contributed by atoms with Gasteiger partial charge in [-0.2, -0.15) is 0 Å². The van der Waals surface area contributed by atoms with Gasteiger partial charge in [-0.1, -0.05) is 57.2 Å². The first-order valence-electron chi connectivity index (χ1n) is 13.8. The SMILES string of the molecule is CCc1ccccc1OCCC[C@H]1C[C@H](Oc2ccccc2)CN1C(=O)[C@@H](NC(=O)OC(C)(C)C)C(C)C. The summed E-state index contributed by atoms with van der Waals surface area (Å²) in [5, 5.41) is 2.82. The lowest BCUT2D eigenvalue weighted by Crippen LogP contribution is -2.53. The first kappa shape index (κ1) is 29.3. The molecule has 3 rings (SSSR count). The zero-order chi connectivity index (χ0) is 27.7. The van der Waals surface area contributed by atoms with Crippen LogP contribution in [-0.4, -0.2) is 53.8 Å². The lowest BCUT2D eigenvalue weighted by molar-refractivity contribution is -0.135. The van der Waals surface area contributed by atoms with Gasteiger partial charge in [0.2, 0.25) is 5.91 Å². The number of para-hydroxylation sites is 2. The molecular weight excluding hydrogens is 480 g/mol. The Kier molecular flexibility index (Phi) is 10.5. The van der Waals surface area contributed by atoms with Crippen LogP contribution >= 0.6 is 0 Å². The lowest BCUT2D eigenvalue weighted by atomic mass is 10.0. The van der Waals surface area contributed by atoms with Gasteiger partial charge in [0, 0.05) is 12.5 Å². The van der Waals surface area contributed by atoms with Crippen LogP contribution < -0.4 is 14.8 Å². The monoisotopic (exact) mass is 524 g/mol. The molecular formula is C31H44N2O5. The Bertz CT molecular complexity index is 1030. The molecule has 2 aromatic rings. The first-order chi connectivity index (χ1) is 18.1. The maximum Gasteiger partial charge on any atom is 0.408 e. The predicted octanol–water partition coefficient (Wildman–Crippen LogP) is 6.01. The van der Waals surface area contributed by atoms with Crippen LogP contribution in [0.3, 0.4) is 0 Å². The second-order valence-corrected chi connectivity index (χ2v) is 11.3. The number of likely N-dealkylation sites (tertiary alicyclic amines) is 1. The molecule has 0 spiro atoms. The van der Waals surface area contributed by atoms with E-state index in [0.717, 1.165) is 37.2 Å². The van der Waals surface area contributed by atoms with Crippen molar-refractivity contribution in [3.05, 3.63) is 60.2 Å². The number of alkyl carbamates (subject to hydrolysis) is 1. The van der Waals surface area contributed by atoms with Crippen LogP contribution in [0.25, 0.3) is 0 Å². The molecule has 1 fully saturated rings. The van der Waals surface area contributed by atoms with Gasteiger partial charge in [-0.05, 0) is 69.7 Å². The summed E-state index contributed by atoms with van der Waals surface area (Å²) in [5.74, 6) is 1.50. The van der Waals surface area contributed by atoms with Crippen LogP contribution in [0.2, 0.25) is 0 Å². The van der Waals surface area contributed by atoms with Crippen molar-refractivity contribution in [3.63, 3.8) is 0 Å². The minimum Gasteiger partial charge on any atom is -0.493 e.